The van der Waals surface area contributed by atoms with E-state index in [4.69, 9.17) is 14.9 Å². The van der Waals surface area contributed by atoms with Crippen LogP contribution in [0.5, 0.6) is 0 Å². The van der Waals surface area contributed by atoms with Gasteiger partial charge in [-0.2, -0.15) is 0 Å². The standard InChI is InChI=1S/C8H7N2O5P/c11-8(12)5-2-1-3-6-9-7(4-10(5)6)16(13,14)15/h1-4H,(H,11,12)(H2,13,14,15). The Kier molecular flexibility index (Phi) is 2.31. The van der Waals surface area contributed by atoms with Crippen molar-refractivity contribution in [2.75, 3.05) is 0 Å². The molecule has 0 aliphatic heterocycles. The lowest BCUT2D eigenvalue weighted by Crippen LogP contribution is -2.05. The van der Waals surface area contributed by atoms with E-state index < -0.39 is 19.0 Å². The summed E-state index contributed by atoms with van der Waals surface area (Å²) in [6, 6.07) is 4.24. The van der Waals surface area contributed by atoms with Crippen LogP contribution in [0, 0.1) is 0 Å². The van der Waals surface area contributed by atoms with Gasteiger partial charge in [-0.1, -0.05) is 6.07 Å². The number of rotatable bonds is 2. The van der Waals surface area contributed by atoms with E-state index in [1.807, 2.05) is 0 Å². The normalized spacial score (nSPS) is 11.9. The lowest BCUT2D eigenvalue weighted by molar-refractivity contribution is 0.0689. The highest BCUT2D eigenvalue weighted by Crippen LogP contribution is 2.32. The summed E-state index contributed by atoms with van der Waals surface area (Å²) in [5.41, 5.74) is -0.371. The smallest absolute Gasteiger partial charge is 0.376 e. The maximum Gasteiger partial charge on any atom is 0.376 e. The molecule has 0 aliphatic carbocycles. The topological polar surface area (TPSA) is 112 Å². The number of aromatic nitrogens is 2. The highest BCUT2D eigenvalue weighted by atomic mass is 31.2. The first-order valence-corrected chi connectivity index (χ1v) is 5.78. The fourth-order valence-corrected chi connectivity index (χ4v) is 1.81. The van der Waals surface area contributed by atoms with Gasteiger partial charge in [-0.15, -0.1) is 0 Å². The van der Waals surface area contributed by atoms with Crippen LogP contribution >= 0.6 is 7.60 Å². The van der Waals surface area contributed by atoms with Crippen molar-refractivity contribution in [3.05, 3.63) is 30.1 Å². The lowest BCUT2D eigenvalue weighted by Gasteiger charge is -1.98. The van der Waals surface area contributed by atoms with Gasteiger partial charge < -0.3 is 14.9 Å². The molecule has 2 rings (SSSR count). The van der Waals surface area contributed by atoms with Crippen LogP contribution in [-0.4, -0.2) is 30.2 Å². The zero-order valence-electron chi connectivity index (χ0n) is 7.81. The van der Waals surface area contributed by atoms with E-state index in [2.05, 4.69) is 4.98 Å². The van der Waals surface area contributed by atoms with Crippen molar-refractivity contribution in [3.8, 4) is 0 Å². The van der Waals surface area contributed by atoms with E-state index in [9.17, 15) is 9.36 Å². The Bertz CT molecular complexity index is 614. The van der Waals surface area contributed by atoms with Crippen LogP contribution in [0.4, 0.5) is 0 Å². The molecule has 0 saturated heterocycles. The van der Waals surface area contributed by atoms with E-state index in [-0.39, 0.29) is 11.3 Å². The highest BCUT2D eigenvalue weighted by molar-refractivity contribution is 7.60. The molecule has 0 radical (unpaired) electrons. The molecule has 2 heterocycles. The fourth-order valence-electron chi connectivity index (χ4n) is 1.31. The molecule has 2 aromatic rings. The monoisotopic (exact) mass is 242 g/mol. The number of carbonyl (C=O) groups is 1. The number of hydrogen-bond donors (Lipinski definition) is 3. The maximum absolute atomic E-state index is 11.0. The molecular weight excluding hydrogens is 235 g/mol. The van der Waals surface area contributed by atoms with Gasteiger partial charge in [-0.3, -0.25) is 8.97 Å². The second kappa shape index (κ2) is 3.41. The zero-order valence-corrected chi connectivity index (χ0v) is 8.70. The van der Waals surface area contributed by atoms with Crippen molar-refractivity contribution in [3.63, 3.8) is 0 Å². The van der Waals surface area contributed by atoms with E-state index in [0.29, 0.717) is 0 Å². The third-order valence-corrected chi connectivity index (χ3v) is 2.81. The van der Waals surface area contributed by atoms with Crippen LogP contribution in [0.2, 0.25) is 0 Å². The second-order valence-electron chi connectivity index (χ2n) is 3.09. The molecule has 0 spiro atoms. The van der Waals surface area contributed by atoms with Crippen molar-refractivity contribution in [2.45, 2.75) is 0 Å². The molecule has 7 nitrogen and oxygen atoms in total. The lowest BCUT2D eigenvalue weighted by atomic mass is 10.3. The maximum atomic E-state index is 11.0. The van der Waals surface area contributed by atoms with Crippen LogP contribution in [0.15, 0.2) is 24.4 Å². The first-order chi connectivity index (χ1) is 7.39. The summed E-state index contributed by atoms with van der Waals surface area (Å²) < 4.78 is 12.1. The van der Waals surface area contributed by atoms with Gasteiger partial charge in [-0.25, -0.2) is 9.78 Å². The van der Waals surface area contributed by atoms with E-state index in [0.717, 1.165) is 10.6 Å². The molecule has 0 unspecified atom stereocenters. The summed E-state index contributed by atoms with van der Waals surface area (Å²) in [6.45, 7) is 0. The highest BCUT2D eigenvalue weighted by Gasteiger charge is 2.22. The van der Waals surface area contributed by atoms with Crippen molar-refractivity contribution in [1.29, 1.82) is 0 Å². The number of carboxylic acid groups (broad SMARTS) is 1. The van der Waals surface area contributed by atoms with Crippen LogP contribution in [-0.2, 0) is 4.57 Å². The number of nitrogens with zero attached hydrogens (tertiary/aromatic N) is 2. The average molecular weight is 242 g/mol. The molecule has 84 valence electrons. The Morgan fingerprint density at radius 1 is 1.38 bits per heavy atom. The molecular formula is C8H7N2O5P. The largest absolute Gasteiger partial charge is 0.477 e. The molecule has 0 atom stereocenters. The molecule has 0 bridgehead atoms. The van der Waals surface area contributed by atoms with Crippen LogP contribution in [0.1, 0.15) is 10.5 Å². The minimum Gasteiger partial charge on any atom is -0.477 e. The molecule has 0 saturated carbocycles. The Labute approximate surface area is 89.1 Å². The van der Waals surface area contributed by atoms with Gasteiger partial charge in [0, 0.05) is 6.20 Å². The molecule has 8 heteroatoms. The molecule has 0 aromatic carbocycles. The van der Waals surface area contributed by atoms with Gasteiger partial charge in [-0.05, 0) is 12.1 Å². The zero-order chi connectivity index (χ0) is 11.9. The van der Waals surface area contributed by atoms with E-state index in [1.54, 1.807) is 0 Å². The quantitative estimate of drug-likeness (QED) is 0.630. The van der Waals surface area contributed by atoms with Crippen LogP contribution in [0.25, 0.3) is 5.65 Å². The third-order valence-electron chi connectivity index (χ3n) is 2.00. The average Bonchev–Trinajstić information content (AvgIpc) is 2.59. The number of fused-ring (bicyclic) bond motifs is 1. The minimum absolute atomic E-state index is 0.107. The molecule has 3 N–H and O–H groups in total. The van der Waals surface area contributed by atoms with Gasteiger partial charge in [0.1, 0.15) is 11.3 Å². The summed E-state index contributed by atoms with van der Waals surface area (Å²) in [5, 5.41) is 8.85. The number of imidazole rings is 1. The summed E-state index contributed by atoms with van der Waals surface area (Å²) in [7, 11) is -4.47. The Morgan fingerprint density at radius 2 is 2.06 bits per heavy atom. The predicted octanol–water partition coefficient (Wildman–Crippen LogP) is -0.165. The number of pyridine rings is 1. The number of aromatic carboxylic acids is 1. The molecule has 0 fully saturated rings. The first kappa shape index (κ1) is 10.8. The second-order valence-corrected chi connectivity index (χ2v) is 4.63. The summed E-state index contributed by atoms with van der Waals surface area (Å²) >= 11 is 0. The van der Waals surface area contributed by atoms with Crippen LogP contribution < -0.4 is 5.44 Å². The molecule has 0 aliphatic rings. The summed E-state index contributed by atoms with van der Waals surface area (Å²) in [6.07, 6.45) is 1.03. The van der Waals surface area contributed by atoms with Crippen molar-refractivity contribution in [2.24, 2.45) is 0 Å². The Hall–Kier alpha value is -1.69. The van der Waals surface area contributed by atoms with Gasteiger partial charge in [0.05, 0.1) is 0 Å². The van der Waals surface area contributed by atoms with Crippen LogP contribution in [0.3, 0.4) is 0 Å². The van der Waals surface area contributed by atoms with Crippen molar-refractivity contribution >= 4 is 24.6 Å². The Balaban J connectivity index is 2.76. The van der Waals surface area contributed by atoms with Gasteiger partial charge >= 0.3 is 13.6 Å². The Morgan fingerprint density at radius 3 is 2.62 bits per heavy atom. The number of carboxylic acids is 1. The molecule has 0 amide bonds. The van der Waals surface area contributed by atoms with E-state index in [1.165, 1.54) is 18.2 Å². The molecule has 2 aromatic heterocycles. The third kappa shape index (κ3) is 1.71. The first-order valence-electron chi connectivity index (χ1n) is 4.17. The SMILES string of the molecule is O=C(O)c1cccc2nc(P(=O)(O)O)cn12. The van der Waals surface area contributed by atoms with E-state index >= 15 is 0 Å². The molecule has 16 heavy (non-hydrogen) atoms. The predicted molar refractivity (Wildman–Crippen MR) is 53.8 cm³/mol. The van der Waals surface area contributed by atoms with Gasteiger partial charge in [0.2, 0.25) is 0 Å². The summed E-state index contributed by atoms with van der Waals surface area (Å²) in [4.78, 5) is 32.3. The summed E-state index contributed by atoms with van der Waals surface area (Å²) in [5.74, 6) is -1.19. The fraction of sp³-hybridized carbons (Fsp3) is 0. The van der Waals surface area contributed by atoms with Gasteiger partial charge in [0.15, 0.2) is 5.44 Å². The van der Waals surface area contributed by atoms with Gasteiger partial charge in [0.25, 0.3) is 0 Å². The van der Waals surface area contributed by atoms with Crippen molar-refractivity contribution in [1.82, 2.24) is 9.38 Å². The minimum atomic E-state index is -4.47. The van der Waals surface area contributed by atoms with Crippen molar-refractivity contribution < 1.29 is 24.3 Å². The number of hydrogen-bond acceptors (Lipinski definition) is 3.